The molecule has 0 radical (unpaired) electrons. The van der Waals surface area contributed by atoms with Gasteiger partial charge >= 0.3 is 5.97 Å². The van der Waals surface area contributed by atoms with Gasteiger partial charge in [-0.2, -0.15) is 0 Å². The van der Waals surface area contributed by atoms with Crippen molar-refractivity contribution < 1.29 is 19.1 Å². The fourth-order valence-electron chi connectivity index (χ4n) is 3.50. The van der Waals surface area contributed by atoms with E-state index in [0.29, 0.717) is 16.8 Å². The van der Waals surface area contributed by atoms with Crippen LogP contribution in [0.2, 0.25) is 0 Å². The molecular formula is C26H27NO4. The molecule has 5 heteroatoms. The Morgan fingerprint density at radius 2 is 1.42 bits per heavy atom. The van der Waals surface area contributed by atoms with Crippen molar-refractivity contribution in [2.75, 3.05) is 18.5 Å². The molecule has 0 bridgehead atoms. The van der Waals surface area contributed by atoms with Crippen molar-refractivity contribution in [1.82, 2.24) is 0 Å². The lowest BCUT2D eigenvalue weighted by Gasteiger charge is -2.32. The maximum Gasteiger partial charge on any atom is 0.348 e. The molecule has 3 aromatic rings. The number of aryl methyl sites for hydroxylation is 1. The van der Waals surface area contributed by atoms with E-state index in [1.54, 1.807) is 0 Å². The van der Waals surface area contributed by atoms with E-state index >= 15 is 0 Å². The summed E-state index contributed by atoms with van der Waals surface area (Å²) >= 11 is 0. The van der Waals surface area contributed by atoms with E-state index in [4.69, 9.17) is 9.47 Å². The molecular weight excluding hydrogens is 390 g/mol. The van der Waals surface area contributed by atoms with Gasteiger partial charge in [-0.3, -0.25) is 4.79 Å². The Morgan fingerprint density at radius 1 is 0.839 bits per heavy atom. The number of rotatable bonds is 8. The maximum atomic E-state index is 13.4. The van der Waals surface area contributed by atoms with Crippen molar-refractivity contribution in [3.05, 3.63) is 101 Å². The molecule has 0 atom stereocenters. The molecule has 5 nitrogen and oxygen atoms in total. The van der Waals surface area contributed by atoms with Crippen LogP contribution in [0.25, 0.3) is 0 Å². The summed E-state index contributed by atoms with van der Waals surface area (Å²) in [7, 11) is 0. The second kappa shape index (κ2) is 10.0. The number of anilines is 1. The third-order valence-electron chi connectivity index (χ3n) is 5.22. The summed E-state index contributed by atoms with van der Waals surface area (Å²) in [6, 6.07) is 24.0. The molecule has 0 saturated heterocycles. The smallest absolute Gasteiger partial charge is 0.348 e. The molecule has 0 spiro atoms. The molecule has 1 N–H and O–H groups in total. The number of nitrogens with one attached hydrogen (secondary N) is 1. The number of carbonyl (C=O) groups excluding carboxylic acids is 2. The number of carbonyl (C=O) groups is 2. The second-order valence-electron chi connectivity index (χ2n) is 7.22. The molecule has 0 fully saturated rings. The van der Waals surface area contributed by atoms with Crippen LogP contribution in [0.1, 0.15) is 29.2 Å². The average molecular weight is 418 g/mol. The summed E-state index contributed by atoms with van der Waals surface area (Å²) in [6.07, 6.45) is 0. The van der Waals surface area contributed by atoms with Crippen LogP contribution in [-0.2, 0) is 24.7 Å². The number of hydrogen-bond acceptors (Lipinski definition) is 4. The van der Waals surface area contributed by atoms with E-state index in [1.165, 1.54) is 0 Å². The molecule has 0 saturated carbocycles. The van der Waals surface area contributed by atoms with E-state index in [9.17, 15) is 9.59 Å². The van der Waals surface area contributed by atoms with Gasteiger partial charge in [-0.25, -0.2) is 4.79 Å². The Balaban J connectivity index is 1.85. The molecule has 0 aliphatic rings. The lowest BCUT2D eigenvalue weighted by Crippen LogP contribution is -2.42. The lowest BCUT2D eigenvalue weighted by atomic mass is 9.86. The van der Waals surface area contributed by atoms with Crippen molar-refractivity contribution in [1.29, 1.82) is 0 Å². The Kier molecular flexibility index (Phi) is 7.21. The second-order valence-corrected chi connectivity index (χ2v) is 7.22. The summed E-state index contributed by atoms with van der Waals surface area (Å²) in [5.74, 6) is -1.04. The van der Waals surface area contributed by atoms with E-state index in [1.807, 2.05) is 99.6 Å². The van der Waals surface area contributed by atoms with Crippen LogP contribution in [0.3, 0.4) is 0 Å². The molecule has 0 heterocycles. The highest BCUT2D eigenvalue weighted by molar-refractivity contribution is 5.95. The summed E-state index contributed by atoms with van der Waals surface area (Å²) in [5.41, 5.74) is 2.56. The lowest BCUT2D eigenvalue weighted by molar-refractivity contribution is -0.169. The van der Waals surface area contributed by atoms with Crippen molar-refractivity contribution in [2.24, 2.45) is 0 Å². The SMILES string of the molecule is CCOC(C(=O)OCC(=O)Nc1cccc(C)c1C)(c1ccccc1)c1ccccc1. The quantitative estimate of drug-likeness (QED) is 0.537. The largest absolute Gasteiger partial charge is 0.453 e. The molecule has 160 valence electrons. The Labute approximate surface area is 183 Å². The van der Waals surface area contributed by atoms with Gasteiger partial charge in [-0.05, 0) is 49.1 Å². The number of hydrogen-bond donors (Lipinski definition) is 1. The molecule has 3 aromatic carbocycles. The topological polar surface area (TPSA) is 64.6 Å². The fraction of sp³-hybridized carbons (Fsp3) is 0.231. The number of ether oxygens (including phenoxy) is 2. The first-order chi connectivity index (χ1) is 15.0. The van der Waals surface area contributed by atoms with Crippen LogP contribution < -0.4 is 5.32 Å². The minimum Gasteiger partial charge on any atom is -0.453 e. The average Bonchev–Trinajstić information content (AvgIpc) is 2.80. The zero-order valence-electron chi connectivity index (χ0n) is 18.1. The third-order valence-corrected chi connectivity index (χ3v) is 5.22. The number of benzene rings is 3. The third kappa shape index (κ3) is 4.84. The zero-order chi connectivity index (χ0) is 22.3. The zero-order valence-corrected chi connectivity index (χ0v) is 18.1. The number of esters is 1. The molecule has 3 rings (SSSR count). The summed E-state index contributed by atoms with van der Waals surface area (Å²) in [6.45, 7) is 5.60. The van der Waals surface area contributed by atoms with Gasteiger partial charge < -0.3 is 14.8 Å². The Bertz CT molecular complexity index is 992. The molecule has 1 amide bonds. The first kappa shape index (κ1) is 22.2. The van der Waals surface area contributed by atoms with Crippen molar-refractivity contribution in [3.8, 4) is 0 Å². The monoisotopic (exact) mass is 417 g/mol. The van der Waals surface area contributed by atoms with Gasteiger partial charge in [0, 0.05) is 12.3 Å². The van der Waals surface area contributed by atoms with Gasteiger partial charge in [0.25, 0.3) is 5.91 Å². The highest BCUT2D eigenvalue weighted by Gasteiger charge is 2.45. The predicted molar refractivity (Wildman–Crippen MR) is 121 cm³/mol. The maximum absolute atomic E-state index is 13.4. The standard InChI is InChI=1S/C26H27NO4/c1-4-31-26(21-13-7-5-8-14-21,22-15-9-6-10-16-22)25(29)30-18-24(28)27-23-17-11-12-19(2)20(23)3/h5-17H,4,18H2,1-3H3,(H,27,28). The first-order valence-corrected chi connectivity index (χ1v) is 10.3. The molecule has 0 aliphatic heterocycles. The van der Waals surface area contributed by atoms with Gasteiger partial charge in [0.2, 0.25) is 5.60 Å². The van der Waals surface area contributed by atoms with Gasteiger partial charge in [-0.1, -0.05) is 72.8 Å². The molecule has 0 unspecified atom stereocenters. The van der Waals surface area contributed by atoms with Crippen molar-refractivity contribution in [3.63, 3.8) is 0 Å². The van der Waals surface area contributed by atoms with Crippen LogP contribution in [0.4, 0.5) is 5.69 Å². The van der Waals surface area contributed by atoms with E-state index in [-0.39, 0.29) is 6.61 Å². The summed E-state index contributed by atoms with van der Waals surface area (Å²) in [4.78, 5) is 25.9. The predicted octanol–water partition coefficient (Wildman–Crippen LogP) is 4.77. The van der Waals surface area contributed by atoms with E-state index in [0.717, 1.165) is 11.1 Å². The molecule has 0 aromatic heterocycles. The van der Waals surface area contributed by atoms with E-state index in [2.05, 4.69) is 5.32 Å². The first-order valence-electron chi connectivity index (χ1n) is 10.3. The minimum atomic E-state index is -1.46. The molecule has 31 heavy (non-hydrogen) atoms. The summed E-state index contributed by atoms with van der Waals surface area (Å²) in [5, 5.41) is 2.81. The normalized spacial score (nSPS) is 11.1. The fourth-order valence-corrected chi connectivity index (χ4v) is 3.50. The van der Waals surface area contributed by atoms with E-state index < -0.39 is 24.1 Å². The highest BCUT2D eigenvalue weighted by atomic mass is 16.6. The minimum absolute atomic E-state index is 0.285. The Morgan fingerprint density at radius 3 is 1.97 bits per heavy atom. The highest BCUT2D eigenvalue weighted by Crippen LogP contribution is 2.35. The van der Waals surface area contributed by atoms with Crippen molar-refractivity contribution in [2.45, 2.75) is 26.4 Å². The summed E-state index contributed by atoms with van der Waals surface area (Å²) < 4.78 is 11.5. The van der Waals surface area contributed by atoms with Crippen LogP contribution in [0.5, 0.6) is 0 Å². The van der Waals surface area contributed by atoms with Crippen LogP contribution >= 0.6 is 0 Å². The van der Waals surface area contributed by atoms with Crippen LogP contribution in [-0.4, -0.2) is 25.1 Å². The van der Waals surface area contributed by atoms with Crippen molar-refractivity contribution >= 4 is 17.6 Å². The Hall–Kier alpha value is -3.44. The van der Waals surface area contributed by atoms with Gasteiger partial charge in [0.1, 0.15) is 0 Å². The molecule has 0 aliphatic carbocycles. The van der Waals surface area contributed by atoms with Crippen LogP contribution in [0, 0.1) is 13.8 Å². The van der Waals surface area contributed by atoms with Crippen LogP contribution in [0.15, 0.2) is 78.9 Å². The van der Waals surface area contributed by atoms with Gasteiger partial charge in [-0.15, -0.1) is 0 Å². The van der Waals surface area contributed by atoms with Gasteiger partial charge in [0.05, 0.1) is 0 Å². The number of amides is 1. The van der Waals surface area contributed by atoms with Gasteiger partial charge in [0.15, 0.2) is 6.61 Å².